The van der Waals surface area contributed by atoms with Crippen LogP contribution >= 0.6 is 55.8 Å². The zero-order valence-electron chi connectivity index (χ0n) is 12.7. The average molecular weight is 516 g/mol. The van der Waals surface area contributed by atoms with E-state index in [0.717, 1.165) is 11.8 Å². The summed E-state index contributed by atoms with van der Waals surface area (Å²) in [5.74, 6) is -0.241. The molecule has 2 aromatic rings. The predicted molar refractivity (Wildman–Crippen MR) is 112 cm³/mol. The molecule has 1 amide bonds. The summed E-state index contributed by atoms with van der Waals surface area (Å²) in [6.07, 6.45) is 1.67. The molecule has 0 radical (unpaired) electrons. The first-order valence-electron chi connectivity index (χ1n) is 6.98. The van der Waals surface area contributed by atoms with Crippen molar-refractivity contribution in [2.45, 2.75) is 0 Å². The van der Waals surface area contributed by atoms with Crippen molar-refractivity contribution in [1.82, 2.24) is 0 Å². The van der Waals surface area contributed by atoms with Crippen molar-refractivity contribution in [3.63, 3.8) is 0 Å². The number of carbonyl (C=O) groups is 1. The highest BCUT2D eigenvalue weighted by Crippen LogP contribution is 2.38. The Balaban J connectivity index is 1.92. The van der Waals surface area contributed by atoms with Gasteiger partial charge in [0.1, 0.15) is 5.75 Å². The highest BCUT2D eigenvalue weighted by molar-refractivity contribution is 9.11. The molecular weight excluding hydrogens is 508 g/mol. The Hall–Kier alpha value is -1.75. The van der Waals surface area contributed by atoms with E-state index in [-0.39, 0.29) is 17.3 Å². The first-order valence-corrected chi connectivity index (χ1v) is 9.79. The van der Waals surface area contributed by atoms with E-state index in [4.69, 9.17) is 12.2 Å². The summed E-state index contributed by atoms with van der Waals surface area (Å²) in [6.45, 7) is 0. The third-order valence-electron chi connectivity index (χ3n) is 3.45. The summed E-state index contributed by atoms with van der Waals surface area (Å²) in [7, 11) is 0. The number of anilines is 1. The van der Waals surface area contributed by atoms with Gasteiger partial charge in [-0.1, -0.05) is 24.0 Å². The molecule has 1 N–H and O–H groups in total. The molecule has 3 rings (SSSR count). The molecule has 1 fully saturated rings. The molecule has 0 bridgehead atoms. The lowest BCUT2D eigenvalue weighted by Crippen LogP contribution is -2.27. The molecule has 1 aliphatic rings. The third kappa shape index (κ3) is 3.68. The summed E-state index contributed by atoms with van der Waals surface area (Å²) < 4.78 is 1.32. The smallest absolute Gasteiger partial charge is 0.270 e. The van der Waals surface area contributed by atoms with E-state index in [9.17, 15) is 20.0 Å². The van der Waals surface area contributed by atoms with E-state index in [0.29, 0.717) is 29.4 Å². The van der Waals surface area contributed by atoms with Crippen LogP contribution in [0.4, 0.5) is 11.4 Å². The lowest BCUT2D eigenvalue weighted by molar-refractivity contribution is -0.384. The number of non-ortho nitro benzene ring substituents is 1. The van der Waals surface area contributed by atoms with Crippen molar-refractivity contribution in [2.75, 3.05) is 4.90 Å². The molecule has 132 valence electrons. The first kappa shape index (κ1) is 19.0. The molecule has 6 nitrogen and oxygen atoms in total. The molecule has 1 saturated heterocycles. The Labute approximate surface area is 174 Å². The number of phenols is 1. The second-order valence-corrected chi connectivity index (χ2v) is 8.51. The number of thiocarbonyl (C=S) groups is 1. The number of rotatable bonds is 3. The molecule has 1 aliphatic heterocycles. The number of nitro benzene ring substituents is 1. The number of benzene rings is 2. The quantitative estimate of drug-likeness (QED) is 0.261. The number of thioether (sulfide) groups is 1. The number of phenolic OH excluding ortho intramolecular Hbond substituents is 1. The fourth-order valence-electron chi connectivity index (χ4n) is 2.23. The zero-order chi connectivity index (χ0) is 19.0. The molecule has 10 heteroatoms. The van der Waals surface area contributed by atoms with Crippen molar-refractivity contribution >= 4 is 83.5 Å². The Bertz CT molecular complexity index is 954. The highest BCUT2D eigenvalue weighted by atomic mass is 79.9. The fraction of sp³-hybridized carbons (Fsp3) is 0. The van der Waals surface area contributed by atoms with Crippen LogP contribution in [0.5, 0.6) is 5.75 Å². The van der Waals surface area contributed by atoms with Crippen molar-refractivity contribution in [3.8, 4) is 5.75 Å². The number of carbonyl (C=O) groups excluding carboxylic acids is 1. The molecule has 0 aromatic heterocycles. The Kier molecular flexibility index (Phi) is 5.47. The van der Waals surface area contributed by atoms with Crippen LogP contribution in [0, 0.1) is 10.1 Å². The van der Waals surface area contributed by atoms with Crippen molar-refractivity contribution < 1.29 is 14.8 Å². The number of halogens is 2. The predicted octanol–water partition coefficient (Wildman–Crippen LogP) is 5.23. The first-order chi connectivity index (χ1) is 12.3. The molecule has 0 saturated carbocycles. The minimum Gasteiger partial charge on any atom is -0.506 e. The second kappa shape index (κ2) is 7.47. The topological polar surface area (TPSA) is 83.7 Å². The van der Waals surface area contributed by atoms with Gasteiger partial charge in [0.25, 0.3) is 11.6 Å². The monoisotopic (exact) mass is 514 g/mol. The van der Waals surface area contributed by atoms with E-state index in [2.05, 4.69) is 31.9 Å². The Morgan fingerprint density at radius 3 is 2.31 bits per heavy atom. The van der Waals surface area contributed by atoms with Gasteiger partial charge in [0, 0.05) is 12.1 Å². The molecule has 1 heterocycles. The lowest BCUT2D eigenvalue weighted by Gasteiger charge is -2.13. The normalized spacial score (nSPS) is 15.8. The number of hydrogen-bond donors (Lipinski definition) is 1. The maximum atomic E-state index is 12.7. The van der Waals surface area contributed by atoms with E-state index in [1.807, 2.05) is 0 Å². The standard InChI is InChI=1S/C16H8Br2N2O4S2/c17-11-5-8(6-12(18)14(11)21)7-13-15(22)19(16(25)26-13)9-1-3-10(4-2-9)20(23)24/h1-7,21H. The van der Waals surface area contributed by atoms with E-state index >= 15 is 0 Å². The van der Waals surface area contributed by atoms with Gasteiger partial charge in [0.15, 0.2) is 4.32 Å². The van der Waals surface area contributed by atoms with E-state index in [1.54, 1.807) is 18.2 Å². The number of aromatic hydroxyl groups is 1. The van der Waals surface area contributed by atoms with Crippen LogP contribution in [0.1, 0.15) is 5.56 Å². The van der Waals surface area contributed by atoms with Gasteiger partial charge in [-0.25, -0.2) is 0 Å². The minimum atomic E-state index is -0.505. The van der Waals surface area contributed by atoms with Gasteiger partial charge in [0.2, 0.25) is 0 Å². The SMILES string of the molecule is O=C1C(=Cc2cc(Br)c(O)c(Br)c2)SC(=S)N1c1ccc([N+](=O)[O-])cc1. The maximum absolute atomic E-state index is 12.7. The van der Waals surface area contributed by atoms with E-state index in [1.165, 1.54) is 29.2 Å². The number of nitro groups is 1. The summed E-state index contributed by atoms with van der Waals surface area (Å²) in [6, 6.07) is 8.98. The second-order valence-electron chi connectivity index (χ2n) is 5.12. The average Bonchev–Trinajstić information content (AvgIpc) is 2.86. The van der Waals surface area contributed by atoms with Crippen LogP contribution in [0.2, 0.25) is 0 Å². The summed E-state index contributed by atoms with van der Waals surface area (Å²) in [5.41, 5.74) is 1.11. The number of nitrogens with zero attached hydrogens (tertiary/aromatic N) is 2. The summed E-state index contributed by atoms with van der Waals surface area (Å²) in [4.78, 5) is 24.7. The fourth-order valence-corrected chi connectivity index (χ4v) is 4.75. The number of hydrogen-bond acceptors (Lipinski definition) is 6. The maximum Gasteiger partial charge on any atom is 0.270 e. The van der Waals surface area contributed by atoms with Gasteiger partial charge < -0.3 is 5.11 Å². The molecule has 0 aliphatic carbocycles. The van der Waals surface area contributed by atoms with Gasteiger partial charge in [0.05, 0.1) is 24.5 Å². The summed E-state index contributed by atoms with van der Waals surface area (Å²) >= 11 is 12.9. The summed E-state index contributed by atoms with van der Waals surface area (Å²) in [5, 5.41) is 20.5. The van der Waals surface area contributed by atoms with Crippen LogP contribution < -0.4 is 4.90 Å². The zero-order valence-corrected chi connectivity index (χ0v) is 17.5. The third-order valence-corrected chi connectivity index (χ3v) is 5.96. The van der Waals surface area contributed by atoms with Crippen LogP contribution in [-0.4, -0.2) is 20.3 Å². The van der Waals surface area contributed by atoms with Crippen molar-refractivity contribution in [3.05, 3.63) is 65.9 Å². The van der Waals surface area contributed by atoms with Gasteiger partial charge in [-0.3, -0.25) is 19.8 Å². The molecular formula is C16H8Br2N2O4S2. The largest absolute Gasteiger partial charge is 0.506 e. The Morgan fingerprint density at radius 2 is 1.77 bits per heavy atom. The Morgan fingerprint density at radius 1 is 1.19 bits per heavy atom. The van der Waals surface area contributed by atoms with Crippen molar-refractivity contribution in [1.29, 1.82) is 0 Å². The van der Waals surface area contributed by atoms with Crippen LogP contribution in [-0.2, 0) is 4.79 Å². The molecule has 26 heavy (non-hydrogen) atoms. The van der Waals surface area contributed by atoms with Crippen molar-refractivity contribution in [2.24, 2.45) is 0 Å². The lowest BCUT2D eigenvalue weighted by atomic mass is 10.2. The van der Waals surface area contributed by atoms with Gasteiger partial charge in [-0.2, -0.15) is 0 Å². The molecule has 0 spiro atoms. The van der Waals surface area contributed by atoms with Gasteiger partial charge in [-0.05, 0) is 67.8 Å². The van der Waals surface area contributed by atoms with E-state index < -0.39 is 4.92 Å². The van der Waals surface area contributed by atoms with Crippen LogP contribution in [0.3, 0.4) is 0 Å². The highest BCUT2D eigenvalue weighted by Gasteiger charge is 2.33. The molecule has 0 unspecified atom stereocenters. The molecule has 2 aromatic carbocycles. The van der Waals surface area contributed by atoms with Gasteiger partial charge in [-0.15, -0.1) is 0 Å². The van der Waals surface area contributed by atoms with Crippen LogP contribution in [0.15, 0.2) is 50.2 Å². The minimum absolute atomic E-state index is 0.0615. The molecule has 0 atom stereocenters. The van der Waals surface area contributed by atoms with Crippen LogP contribution in [0.25, 0.3) is 6.08 Å². The number of amides is 1. The van der Waals surface area contributed by atoms with Gasteiger partial charge >= 0.3 is 0 Å².